The van der Waals surface area contributed by atoms with Crippen LogP contribution in [0.1, 0.15) is 10.5 Å². The van der Waals surface area contributed by atoms with Crippen LogP contribution in [0.5, 0.6) is 0 Å². The van der Waals surface area contributed by atoms with Crippen molar-refractivity contribution >= 4 is 23.3 Å². The van der Waals surface area contributed by atoms with Crippen LogP contribution in [0.3, 0.4) is 0 Å². The third-order valence-corrected chi connectivity index (χ3v) is 2.59. The molecule has 0 spiro atoms. The van der Waals surface area contributed by atoms with Crippen LogP contribution in [-0.2, 0) is 0 Å². The number of aromatic nitrogens is 3. The summed E-state index contributed by atoms with van der Waals surface area (Å²) in [5.74, 6) is -1.03. The van der Waals surface area contributed by atoms with Crippen LogP contribution in [0.4, 0.5) is 11.6 Å². The van der Waals surface area contributed by atoms with Gasteiger partial charge in [-0.05, 0) is 26.2 Å². The molecule has 0 radical (unpaired) electrons. The number of carbonyl (C=O) groups is 1. The summed E-state index contributed by atoms with van der Waals surface area (Å²) in [4.78, 5) is 17.2. The molecule has 8 heteroatoms. The first kappa shape index (κ1) is 13.1. The number of nitrogens with two attached hydrogens (primary N) is 1. The highest BCUT2D eigenvalue weighted by Crippen LogP contribution is 2.18. The number of nitrogens with zero attached hydrogens (tertiary/aromatic N) is 4. The molecule has 0 aromatic carbocycles. The number of rotatable bonds is 5. The number of anilines is 2. The van der Waals surface area contributed by atoms with Crippen molar-refractivity contribution in [2.45, 2.75) is 0 Å². The van der Waals surface area contributed by atoms with Gasteiger partial charge in [-0.15, -0.1) is 5.10 Å². The minimum atomic E-state index is -1.07. The molecule has 2 aromatic rings. The van der Waals surface area contributed by atoms with E-state index in [0.29, 0.717) is 17.9 Å². The number of carboxylic acid groups (broad SMARTS) is 1. The number of nitrogens with one attached hydrogen (secondary N) is 1. The third-order valence-electron chi connectivity index (χ3n) is 2.59. The van der Waals surface area contributed by atoms with Gasteiger partial charge in [-0.2, -0.15) is 4.98 Å². The summed E-state index contributed by atoms with van der Waals surface area (Å²) in [5, 5.41) is 16.2. The average molecular weight is 264 g/mol. The summed E-state index contributed by atoms with van der Waals surface area (Å²) in [7, 11) is 3.94. The Labute approximate surface area is 109 Å². The van der Waals surface area contributed by atoms with E-state index in [1.165, 1.54) is 10.6 Å². The Morgan fingerprint density at radius 1 is 1.53 bits per heavy atom. The van der Waals surface area contributed by atoms with Gasteiger partial charge < -0.3 is 21.1 Å². The van der Waals surface area contributed by atoms with Gasteiger partial charge in [-0.3, -0.25) is 0 Å². The molecule has 0 saturated carbocycles. The van der Waals surface area contributed by atoms with Crippen LogP contribution in [-0.4, -0.2) is 57.8 Å². The largest absolute Gasteiger partial charge is 0.477 e. The Balaban J connectivity index is 2.35. The molecule has 0 amide bonds. The van der Waals surface area contributed by atoms with Gasteiger partial charge in [-0.1, -0.05) is 0 Å². The quantitative estimate of drug-likeness (QED) is 0.696. The normalized spacial score (nSPS) is 11.1. The summed E-state index contributed by atoms with van der Waals surface area (Å²) in [6.07, 6.45) is 0. The molecule has 2 rings (SSSR count). The molecule has 4 N–H and O–H groups in total. The molecule has 0 fully saturated rings. The summed E-state index contributed by atoms with van der Waals surface area (Å²) < 4.78 is 1.23. The lowest BCUT2D eigenvalue weighted by Crippen LogP contribution is -2.21. The molecule has 0 aliphatic carbocycles. The van der Waals surface area contributed by atoms with E-state index in [0.717, 1.165) is 6.54 Å². The van der Waals surface area contributed by atoms with E-state index in [9.17, 15) is 4.79 Å². The van der Waals surface area contributed by atoms with Gasteiger partial charge in [0.1, 0.15) is 0 Å². The van der Waals surface area contributed by atoms with E-state index in [2.05, 4.69) is 15.4 Å². The van der Waals surface area contributed by atoms with Crippen molar-refractivity contribution in [2.75, 3.05) is 38.2 Å². The first-order chi connectivity index (χ1) is 8.99. The maximum Gasteiger partial charge on any atom is 0.354 e. The Morgan fingerprint density at radius 2 is 2.26 bits per heavy atom. The first-order valence-electron chi connectivity index (χ1n) is 5.76. The zero-order chi connectivity index (χ0) is 14.0. The van der Waals surface area contributed by atoms with Crippen molar-refractivity contribution < 1.29 is 9.90 Å². The second-order valence-corrected chi connectivity index (χ2v) is 4.37. The number of hydrogen-bond acceptors (Lipinski definition) is 6. The van der Waals surface area contributed by atoms with Gasteiger partial charge in [0.15, 0.2) is 11.3 Å². The molecule has 102 valence electrons. The van der Waals surface area contributed by atoms with Gasteiger partial charge in [0.05, 0.1) is 5.69 Å². The highest BCUT2D eigenvalue weighted by molar-refractivity contribution is 5.88. The van der Waals surface area contributed by atoms with Crippen LogP contribution in [0, 0.1) is 0 Å². The second-order valence-electron chi connectivity index (χ2n) is 4.37. The van der Waals surface area contributed by atoms with Gasteiger partial charge in [0.2, 0.25) is 5.95 Å². The van der Waals surface area contributed by atoms with Crippen molar-refractivity contribution in [3.05, 3.63) is 17.8 Å². The zero-order valence-corrected chi connectivity index (χ0v) is 10.8. The van der Waals surface area contributed by atoms with Gasteiger partial charge in [0.25, 0.3) is 0 Å². The first-order valence-corrected chi connectivity index (χ1v) is 5.76. The number of carboxylic acids is 1. The maximum absolute atomic E-state index is 11.1. The number of hydrogen-bond donors (Lipinski definition) is 3. The van der Waals surface area contributed by atoms with E-state index in [1.807, 2.05) is 19.0 Å². The lowest BCUT2D eigenvalue weighted by Gasteiger charge is -2.12. The minimum absolute atomic E-state index is 0.0253. The van der Waals surface area contributed by atoms with Crippen molar-refractivity contribution in [3.63, 3.8) is 0 Å². The number of aromatic carboxylic acids is 1. The third kappa shape index (κ3) is 2.74. The number of likely N-dealkylation sites (N-methyl/N-ethyl adjacent to an activating group) is 1. The fourth-order valence-electron chi connectivity index (χ4n) is 1.69. The van der Waals surface area contributed by atoms with Crippen molar-refractivity contribution in [2.24, 2.45) is 0 Å². The molecule has 8 nitrogen and oxygen atoms in total. The molecule has 0 unspecified atom stereocenters. The van der Waals surface area contributed by atoms with Crippen molar-refractivity contribution in [3.8, 4) is 0 Å². The average Bonchev–Trinajstić information content (AvgIpc) is 2.69. The number of fused-ring (bicyclic) bond motifs is 1. The summed E-state index contributed by atoms with van der Waals surface area (Å²) >= 11 is 0. The lowest BCUT2D eigenvalue weighted by molar-refractivity contribution is 0.0687. The highest BCUT2D eigenvalue weighted by Gasteiger charge is 2.14. The Bertz CT molecular complexity index is 606. The van der Waals surface area contributed by atoms with Crippen molar-refractivity contribution in [1.82, 2.24) is 19.5 Å². The van der Waals surface area contributed by atoms with E-state index in [-0.39, 0.29) is 11.6 Å². The van der Waals surface area contributed by atoms with E-state index in [1.54, 1.807) is 6.07 Å². The molecule has 0 bridgehead atoms. The van der Waals surface area contributed by atoms with Crippen molar-refractivity contribution in [1.29, 1.82) is 0 Å². The van der Waals surface area contributed by atoms with Gasteiger partial charge in [-0.25, -0.2) is 9.31 Å². The van der Waals surface area contributed by atoms with Crippen LogP contribution < -0.4 is 11.1 Å². The van der Waals surface area contributed by atoms with E-state index >= 15 is 0 Å². The number of pyridine rings is 1. The van der Waals surface area contributed by atoms with E-state index in [4.69, 9.17) is 10.8 Å². The molecule has 2 aromatic heterocycles. The van der Waals surface area contributed by atoms with Crippen LogP contribution >= 0.6 is 0 Å². The lowest BCUT2D eigenvalue weighted by atomic mass is 10.3. The van der Waals surface area contributed by atoms with Crippen LogP contribution in [0.2, 0.25) is 0 Å². The van der Waals surface area contributed by atoms with E-state index < -0.39 is 5.97 Å². The Morgan fingerprint density at radius 3 is 2.89 bits per heavy atom. The zero-order valence-electron chi connectivity index (χ0n) is 10.8. The van der Waals surface area contributed by atoms with Gasteiger partial charge in [0, 0.05) is 13.1 Å². The smallest absolute Gasteiger partial charge is 0.354 e. The topological polar surface area (TPSA) is 109 Å². The standard InChI is InChI=1S/C11H16N6O2/c1-16(2)6-5-13-7-3-4-8(10(18)19)17-9(7)14-11(12)15-17/h3-4,13H,5-6H2,1-2H3,(H2,12,15)(H,18,19). The molecule has 2 heterocycles. The molecular formula is C11H16N6O2. The number of nitrogen functional groups attached to an aromatic ring is 1. The summed E-state index contributed by atoms with van der Waals surface area (Å²) in [6, 6.07) is 3.14. The molecular weight excluding hydrogens is 248 g/mol. The SMILES string of the molecule is CN(C)CCNc1ccc(C(=O)O)n2nc(N)nc12. The summed E-state index contributed by atoms with van der Waals surface area (Å²) in [6.45, 7) is 1.55. The Hall–Kier alpha value is -2.35. The van der Waals surface area contributed by atoms with Crippen LogP contribution in [0.25, 0.3) is 5.65 Å². The molecule has 0 aliphatic rings. The Kier molecular flexibility index (Phi) is 3.52. The predicted octanol–water partition coefficient (Wildman–Crippen LogP) is -0.0168. The fraction of sp³-hybridized carbons (Fsp3) is 0.364. The summed E-state index contributed by atoms with van der Waals surface area (Å²) in [5.41, 5.74) is 6.68. The van der Waals surface area contributed by atoms with Gasteiger partial charge >= 0.3 is 5.97 Å². The molecule has 0 atom stereocenters. The minimum Gasteiger partial charge on any atom is -0.477 e. The highest BCUT2D eigenvalue weighted by atomic mass is 16.4. The second kappa shape index (κ2) is 5.11. The predicted molar refractivity (Wildman–Crippen MR) is 71.4 cm³/mol. The monoisotopic (exact) mass is 264 g/mol. The molecule has 0 saturated heterocycles. The molecule has 0 aliphatic heterocycles. The maximum atomic E-state index is 11.1. The molecule has 19 heavy (non-hydrogen) atoms. The fourth-order valence-corrected chi connectivity index (χ4v) is 1.69. The van der Waals surface area contributed by atoms with Crippen LogP contribution in [0.15, 0.2) is 12.1 Å².